The van der Waals surface area contributed by atoms with Crippen molar-refractivity contribution in [2.75, 3.05) is 13.7 Å². The van der Waals surface area contributed by atoms with E-state index in [4.69, 9.17) is 9.15 Å². The predicted molar refractivity (Wildman–Crippen MR) is 88.1 cm³/mol. The number of hydrogen-bond donors (Lipinski definition) is 1. The van der Waals surface area contributed by atoms with Gasteiger partial charge in [0.15, 0.2) is 0 Å². The average molecular weight is 403 g/mol. The minimum Gasteiger partial charge on any atom is -0.496 e. The van der Waals surface area contributed by atoms with Gasteiger partial charge >= 0.3 is 0 Å². The van der Waals surface area contributed by atoms with E-state index in [1.165, 1.54) is 0 Å². The van der Waals surface area contributed by atoms with Crippen molar-refractivity contribution in [1.82, 2.24) is 5.32 Å². The number of nitrogens with one attached hydrogen (secondary N) is 1. The summed E-state index contributed by atoms with van der Waals surface area (Å²) in [4.78, 5) is 0. The molecule has 1 aromatic carbocycles. The van der Waals surface area contributed by atoms with Crippen molar-refractivity contribution in [3.8, 4) is 17.1 Å². The Balaban J connectivity index is 2.23. The lowest BCUT2D eigenvalue weighted by Gasteiger charge is -2.08. The predicted octanol–water partition coefficient (Wildman–Crippen LogP) is 4.98. The average Bonchev–Trinajstić information content (AvgIpc) is 2.88. The summed E-state index contributed by atoms with van der Waals surface area (Å²) in [6.45, 7) is 3.89. The minimum absolute atomic E-state index is 0.749. The Hall–Kier alpha value is -0.780. The molecule has 0 amide bonds. The molecule has 0 saturated carbocycles. The lowest BCUT2D eigenvalue weighted by molar-refractivity contribution is 0.412. The van der Waals surface area contributed by atoms with Crippen molar-refractivity contribution in [3.63, 3.8) is 0 Å². The van der Waals surface area contributed by atoms with E-state index in [0.29, 0.717) is 0 Å². The second-order valence-corrected chi connectivity index (χ2v) is 6.12. The molecule has 0 atom stereocenters. The molecule has 0 spiro atoms. The van der Waals surface area contributed by atoms with E-state index in [1.807, 2.05) is 24.3 Å². The minimum atomic E-state index is 0.749. The Morgan fingerprint density at radius 2 is 2.00 bits per heavy atom. The molecule has 3 nitrogen and oxygen atoms in total. The molecule has 0 aliphatic heterocycles. The van der Waals surface area contributed by atoms with Crippen LogP contribution in [0.2, 0.25) is 0 Å². The summed E-state index contributed by atoms with van der Waals surface area (Å²) in [6.07, 6.45) is 1.11. The number of ether oxygens (including phenoxy) is 1. The van der Waals surface area contributed by atoms with Gasteiger partial charge < -0.3 is 14.5 Å². The molecule has 2 aromatic rings. The summed E-state index contributed by atoms with van der Waals surface area (Å²) in [6, 6.07) is 7.90. The van der Waals surface area contributed by atoms with Gasteiger partial charge in [-0.3, -0.25) is 0 Å². The second-order valence-electron chi connectivity index (χ2n) is 4.41. The van der Waals surface area contributed by atoms with Crippen LogP contribution < -0.4 is 10.1 Å². The van der Waals surface area contributed by atoms with E-state index in [9.17, 15) is 0 Å². The van der Waals surface area contributed by atoms with E-state index >= 15 is 0 Å². The lowest BCUT2D eigenvalue weighted by atomic mass is 10.1. The van der Waals surface area contributed by atoms with Crippen LogP contribution in [0.1, 0.15) is 19.1 Å². The highest BCUT2D eigenvalue weighted by Crippen LogP contribution is 2.37. The quantitative estimate of drug-likeness (QED) is 0.692. The fraction of sp³-hybridized carbons (Fsp3) is 0.333. The zero-order valence-electron chi connectivity index (χ0n) is 11.5. The first-order valence-electron chi connectivity index (χ1n) is 6.48. The Kier molecular flexibility index (Phi) is 5.69. The summed E-state index contributed by atoms with van der Waals surface area (Å²) >= 11 is 7.02. The van der Waals surface area contributed by atoms with Gasteiger partial charge in [-0.2, -0.15) is 0 Å². The topological polar surface area (TPSA) is 34.4 Å². The normalized spacial score (nSPS) is 10.8. The van der Waals surface area contributed by atoms with Crippen LogP contribution in [0.25, 0.3) is 11.3 Å². The first kappa shape index (κ1) is 15.6. The Morgan fingerprint density at radius 1 is 1.20 bits per heavy atom. The molecule has 0 aliphatic rings. The standard InChI is InChI=1S/C15H17Br2NO2/c1-3-6-18-9-10-4-5-14(20-10)11-7-15(19-2)13(17)8-12(11)16/h4-5,7-8,18H,3,6,9H2,1-2H3. The molecule has 5 heteroatoms. The zero-order valence-corrected chi connectivity index (χ0v) is 14.7. The largest absolute Gasteiger partial charge is 0.496 e. The van der Waals surface area contributed by atoms with Gasteiger partial charge in [0.1, 0.15) is 17.3 Å². The summed E-state index contributed by atoms with van der Waals surface area (Å²) in [5, 5.41) is 3.32. The number of furan rings is 1. The second kappa shape index (κ2) is 7.29. The fourth-order valence-electron chi connectivity index (χ4n) is 1.88. The monoisotopic (exact) mass is 401 g/mol. The first-order chi connectivity index (χ1) is 9.65. The van der Waals surface area contributed by atoms with Crippen LogP contribution in [0.5, 0.6) is 5.75 Å². The molecule has 1 heterocycles. The molecule has 0 radical (unpaired) electrons. The summed E-state index contributed by atoms with van der Waals surface area (Å²) in [5.41, 5.74) is 0.979. The molecule has 0 fully saturated rings. The van der Waals surface area contributed by atoms with E-state index in [1.54, 1.807) is 7.11 Å². The van der Waals surface area contributed by atoms with Gasteiger partial charge in [0.25, 0.3) is 0 Å². The SMILES string of the molecule is CCCNCc1ccc(-c2cc(OC)c(Br)cc2Br)o1. The molecule has 2 rings (SSSR count). The fourth-order valence-corrected chi connectivity index (χ4v) is 3.23. The van der Waals surface area contributed by atoms with Crippen molar-refractivity contribution in [2.24, 2.45) is 0 Å². The maximum absolute atomic E-state index is 5.87. The van der Waals surface area contributed by atoms with Gasteiger partial charge in [-0.1, -0.05) is 6.92 Å². The Morgan fingerprint density at radius 3 is 2.70 bits per heavy atom. The van der Waals surface area contributed by atoms with E-state index in [2.05, 4.69) is 44.1 Å². The third-order valence-electron chi connectivity index (χ3n) is 2.89. The van der Waals surface area contributed by atoms with Crippen molar-refractivity contribution >= 4 is 31.9 Å². The van der Waals surface area contributed by atoms with Gasteiger partial charge in [0, 0.05) is 10.0 Å². The van der Waals surface area contributed by atoms with Gasteiger partial charge in [0.2, 0.25) is 0 Å². The van der Waals surface area contributed by atoms with Crippen LogP contribution in [0.4, 0.5) is 0 Å². The van der Waals surface area contributed by atoms with E-state index in [-0.39, 0.29) is 0 Å². The van der Waals surface area contributed by atoms with Gasteiger partial charge in [-0.05, 0) is 69.1 Å². The molecule has 0 saturated heterocycles. The van der Waals surface area contributed by atoms with Crippen LogP contribution in [-0.4, -0.2) is 13.7 Å². The van der Waals surface area contributed by atoms with E-state index in [0.717, 1.165) is 51.3 Å². The van der Waals surface area contributed by atoms with Gasteiger partial charge in [0.05, 0.1) is 18.1 Å². The van der Waals surface area contributed by atoms with Crippen molar-refractivity contribution in [3.05, 3.63) is 39.0 Å². The highest BCUT2D eigenvalue weighted by atomic mass is 79.9. The highest BCUT2D eigenvalue weighted by Gasteiger charge is 2.12. The highest BCUT2D eigenvalue weighted by molar-refractivity contribution is 9.11. The maximum Gasteiger partial charge on any atom is 0.135 e. The zero-order chi connectivity index (χ0) is 14.5. The molecule has 1 N–H and O–H groups in total. The first-order valence-corrected chi connectivity index (χ1v) is 8.07. The van der Waals surface area contributed by atoms with Crippen LogP contribution in [0.15, 0.2) is 37.6 Å². The van der Waals surface area contributed by atoms with Gasteiger partial charge in [-0.15, -0.1) is 0 Å². The van der Waals surface area contributed by atoms with Crippen molar-refractivity contribution in [2.45, 2.75) is 19.9 Å². The van der Waals surface area contributed by atoms with Crippen molar-refractivity contribution in [1.29, 1.82) is 0 Å². The summed E-state index contributed by atoms with van der Waals surface area (Å²) in [7, 11) is 1.65. The molecular weight excluding hydrogens is 386 g/mol. The van der Waals surface area contributed by atoms with Gasteiger partial charge in [-0.25, -0.2) is 0 Å². The summed E-state index contributed by atoms with van der Waals surface area (Å²) < 4.78 is 13.1. The molecule has 0 unspecified atom stereocenters. The third kappa shape index (κ3) is 3.65. The number of methoxy groups -OCH3 is 1. The number of rotatable bonds is 6. The summed E-state index contributed by atoms with van der Waals surface area (Å²) in [5.74, 6) is 2.54. The third-order valence-corrected chi connectivity index (χ3v) is 4.17. The molecule has 0 aliphatic carbocycles. The Labute approximate surface area is 136 Å². The number of halogens is 2. The molecular formula is C15H17Br2NO2. The molecule has 108 valence electrons. The molecule has 20 heavy (non-hydrogen) atoms. The maximum atomic E-state index is 5.87. The molecule has 0 bridgehead atoms. The van der Waals surface area contributed by atoms with Crippen LogP contribution in [-0.2, 0) is 6.54 Å². The number of hydrogen-bond acceptors (Lipinski definition) is 3. The van der Waals surface area contributed by atoms with E-state index < -0.39 is 0 Å². The van der Waals surface area contributed by atoms with Crippen LogP contribution in [0, 0.1) is 0 Å². The van der Waals surface area contributed by atoms with Crippen LogP contribution >= 0.6 is 31.9 Å². The number of benzene rings is 1. The lowest BCUT2D eigenvalue weighted by Crippen LogP contribution is -2.12. The molecule has 1 aromatic heterocycles. The Bertz CT molecular complexity index is 581. The van der Waals surface area contributed by atoms with Crippen LogP contribution in [0.3, 0.4) is 0 Å². The van der Waals surface area contributed by atoms with Crippen molar-refractivity contribution < 1.29 is 9.15 Å². The smallest absolute Gasteiger partial charge is 0.135 e.